The molecule has 0 saturated carbocycles. The minimum Gasteiger partial charge on any atom is -0.497 e. The summed E-state index contributed by atoms with van der Waals surface area (Å²) in [4.78, 5) is 41.6. The van der Waals surface area contributed by atoms with Crippen LogP contribution >= 0.6 is 0 Å². The van der Waals surface area contributed by atoms with Crippen LogP contribution in [-0.2, 0) is 38.5 Å². The van der Waals surface area contributed by atoms with E-state index in [1.54, 1.807) is 32.9 Å². The van der Waals surface area contributed by atoms with Gasteiger partial charge in [0.2, 0.25) is 5.91 Å². The van der Waals surface area contributed by atoms with Crippen molar-refractivity contribution in [3.05, 3.63) is 95.1 Å². The van der Waals surface area contributed by atoms with Crippen molar-refractivity contribution in [2.75, 3.05) is 14.2 Å². The van der Waals surface area contributed by atoms with E-state index in [9.17, 15) is 24.4 Å². The third kappa shape index (κ3) is 10.1. The van der Waals surface area contributed by atoms with Crippen molar-refractivity contribution in [2.45, 2.75) is 64.8 Å². The maximum Gasteiger partial charge on any atom is 0.492 e. The summed E-state index contributed by atoms with van der Waals surface area (Å²) < 4.78 is 16.3. The molecular formula is C33H41BN2O8. The highest BCUT2D eigenvalue weighted by Crippen LogP contribution is 2.17. The van der Waals surface area contributed by atoms with Gasteiger partial charge in [-0.25, -0.2) is 9.59 Å². The Morgan fingerprint density at radius 2 is 1.55 bits per heavy atom. The van der Waals surface area contributed by atoms with E-state index in [2.05, 4.69) is 5.32 Å². The van der Waals surface area contributed by atoms with Gasteiger partial charge in [-0.15, -0.1) is 0 Å². The molecule has 0 radical (unpaired) electrons. The second-order valence-corrected chi connectivity index (χ2v) is 11.6. The minimum absolute atomic E-state index is 0.0140. The summed E-state index contributed by atoms with van der Waals surface area (Å²) in [5, 5.41) is 22.5. The van der Waals surface area contributed by atoms with Crippen LogP contribution in [0.15, 0.2) is 72.8 Å². The smallest absolute Gasteiger partial charge is 0.492 e. The van der Waals surface area contributed by atoms with Crippen molar-refractivity contribution in [3.63, 3.8) is 0 Å². The number of nitrogens with zero attached hydrogens (tertiary/aromatic N) is 1. The summed E-state index contributed by atoms with van der Waals surface area (Å²) in [6.45, 7) is 7.14. The van der Waals surface area contributed by atoms with E-state index in [1.165, 1.54) is 25.1 Å². The molecule has 3 aromatic rings. The molecule has 0 bridgehead atoms. The molecule has 0 aromatic heterocycles. The van der Waals surface area contributed by atoms with Crippen LogP contribution in [0.1, 0.15) is 43.0 Å². The van der Waals surface area contributed by atoms with E-state index >= 15 is 0 Å². The molecule has 0 unspecified atom stereocenters. The van der Waals surface area contributed by atoms with Gasteiger partial charge in [0, 0.05) is 25.4 Å². The number of carbonyl (C=O) groups is 3. The van der Waals surface area contributed by atoms with Gasteiger partial charge in [0.25, 0.3) is 0 Å². The number of likely N-dealkylation sites (N-methyl/N-ethyl adjacent to an activating group) is 1. The quantitative estimate of drug-likeness (QED) is 0.212. The molecule has 0 aliphatic heterocycles. The lowest BCUT2D eigenvalue weighted by Crippen LogP contribution is -2.54. The Kier molecular flexibility index (Phi) is 12.0. The Morgan fingerprint density at radius 1 is 0.909 bits per heavy atom. The Bertz CT molecular complexity index is 1410. The first-order valence-electron chi connectivity index (χ1n) is 14.3. The van der Waals surface area contributed by atoms with Crippen molar-refractivity contribution in [2.24, 2.45) is 0 Å². The summed E-state index contributed by atoms with van der Waals surface area (Å²) in [5.41, 5.74) is 2.46. The summed E-state index contributed by atoms with van der Waals surface area (Å²) >= 11 is 0. The highest BCUT2D eigenvalue weighted by molar-refractivity contribution is 6.59. The van der Waals surface area contributed by atoms with Crippen molar-refractivity contribution in [1.82, 2.24) is 10.2 Å². The van der Waals surface area contributed by atoms with Crippen LogP contribution in [-0.4, -0.2) is 71.9 Å². The van der Waals surface area contributed by atoms with Gasteiger partial charge in [-0.1, -0.05) is 72.3 Å². The molecular weight excluding hydrogens is 563 g/mol. The molecule has 234 valence electrons. The first-order chi connectivity index (χ1) is 20.8. The number of amides is 2. The monoisotopic (exact) mass is 604 g/mol. The fourth-order valence-electron chi connectivity index (χ4n) is 4.45. The average Bonchev–Trinajstić information content (AvgIpc) is 2.98. The lowest BCUT2D eigenvalue weighted by molar-refractivity contribution is -0.149. The van der Waals surface area contributed by atoms with Gasteiger partial charge < -0.3 is 29.6 Å². The number of hydrogen-bond donors (Lipinski definition) is 3. The van der Waals surface area contributed by atoms with Gasteiger partial charge in [-0.3, -0.25) is 9.69 Å². The van der Waals surface area contributed by atoms with Crippen LogP contribution < -0.4 is 15.5 Å². The number of ether oxygens (including phenoxy) is 3. The van der Waals surface area contributed by atoms with Crippen LogP contribution in [0.2, 0.25) is 0 Å². The molecule has 2 amide bonds. The number of aryl methyl sites for hydroxylation is 1. The van der Waals surface area contributed by atoms with E-state index in [0.29, 0.717) is 5.56 Å². The number of hydrogen-bond acceptors (Lipinski definition) is 8. The number of methoxy groups -OCH3 is 1. The number of esters is 1. The first kappa shape index (κ1) is 34.1. The zero-order valence-corrected chi connectivity index (χ0v) is 26.1. The van der Waals surface area contributed by atoms with Crippen LogP contribution in [0, 0.1) is 6.92 Å². The normalized spacial score (nSPS) is 12.5. The van der Waals surface area contributed by atoms with Crippen LogP contribution in [0.25, 0.3) is 0 Å². The molecule has 0 aliphatic rings. The van der Waals surface area contributed by atoms with Gasteiger partial charge in [-0.2, -0.15) is 0 Å². The predicted octanol–water partition coefficient (Wildman–Crippen LogP) is 2.93. The van der Waals surface area contributed by atoms with E-state index in [0.717, 1.165) is 16.7 Å². The topological polar surface area (TPSA) is 135 Å². The molecule has 0 aliphatic carbocycles. The molecule has 10 nitrogen and oxygen atoms in total. The highest BCUT2D eigenvalue weighted by atomic mass is 16.6. The third-order valence-corrected chi connectivity index (χ3v) is 6.84. The zero-order valence-electron chi connectivity index (χ0n) is 26.1. The molecule has 44 heavy (non-hydrogen) atoms. The maximum absolute atomic E-state index is 13.9. The summed E-state index contributed by atoms with van der Waals surface area (Å²) in [6, 6.07) is 19.2. The maximum atomic E-state index is 13.9. The first-order valence-corrected chi connectivity index (χ1v) is 14.3. The Hall–Kier alpha value is -4.35. The lowest BCUT2D eigenvalue weighted by Gasteiger charge is -2.31. The number of rotatable bonds is 12. The Balaban J connectivity index is 1.92. The summed E-state index contributed by atoms with van der Waals surface area (Å²) in [6.07, 6.45) is -0.558. The van der Waals surface area contributed by atoms with Gasteiger partial charge in [-0.05, 0) is 50.5 Å². The van der Waals surface area contributed by atoms with Crippen molar-refractivity contribution in [1.29, 1.82) is 0 Å². The fourth-order valence-corrected chi connectivity index (χ4v) is 4.45. The summed E-state index contributed by atoms with van der Waals surface area (Å²) in [5.74, 6) is -1.03. The average molecular weight is 605 g/mol. The van der Waals surface area contributed by atoms with E-state index in [1.807, 2.05) is 61.5 Å². The minimum atomic E-state index is -1.82. The van der Waals surface area contributed by atoms with Crippen molar-refractivity contribution < 1.29 is 38.6 Å². The van der Waals surface area contributed by atoms with E-state index in [4.69, 9.17) is 14.2 Å². The van der Waals surface area contributed by atoms with Crippen molar-refractivity contribution >= 4 is 30.6 Å². The van der Waals surface area contributed by atoms with Crippen LogP contribution in [0.4, 0.5) is 4.79 Å². The zero-order chi connectivity index (χ0) is 32.4. The highest BCUT2D eigenvalue weighted by Gasteiger charge is 2.34. The third-order valence-electron chi connectivity index (χ3n) is 6.84. The summed E-state index contributed by atoms with van der Waals surface area (Å²) in [7, 11) is 1.07. The molecule has 0 fully saturated rings. The van der Waals surface area contributed by atoms with Gasteiger partial charge in [0.1, 0.15) is 30.0 Å². The molecule has 3 aromatic carbocycles. The Labute approximate surface area is 259 Å². The number of benzene rings is 3. The van der Waals surface area contributed by atoms with E-state index in [-0.39, 0.29) is 30.7 Å². The molecule has 3 N–H and O–H groups in total. The van der Waals surface area contributed by atoms with Crippen molar-refractivity contribution in [3.8, 4) is 5.75 Å². The predicted molar refractivity (Wildman–Crippen MR) is 167 cm³/mol. The number of carbonyl (C=O) groups excluding carboxylic acids is 3. The van der Waals surface area contributed by atoms with E-state index < -0.39 is 42.8 Å². The standard InChI is InChI=1S/C33H41BN2O8/c1-22-12-14-23(15-13-22)20-28(36(5)32(39)44-33(2,3)4)30(37)35-27(31(38)43-21-24-10-8-7-9-11-24)19-25-16-17-29(42-6)26(18-25)34(40)41/h7-18,27-28,40-41H,19-21H2,1-6H3,(H,35,37)/t27-,28-/m0/s1. The Morgan fingerprint density at radius 3 is 2.14 bits per heavy atom. The van der Waals surface area contributed by atoms with Crippen LogP contribution in [0.3, 0.4) is 0 Å². The molecule has 0 spiro atoms. The fraction of sp³-hybridized carbons (Fsp3) is 0.364. The number of nitrogens with one attached hydrogen (secondary N) is 1. The largest absolute Gasteiger partial charge is 0.497 e. The second kappa shape index (κ2) is 15.4. The molecule has 0 saturated heterocycles. The SMILES string of the molecule is COc1ccc(C[C@H](NC(=O)[C@H](Cc2ccc(C)cc2)N(C)C(=O)OC(C)(C)C)C(=O)OCc2ccccc2)cc1B(O)O. The lowest BCUT2D eigenvalue weighted by atomic mass is 9.78. The second-order valence-electron chi connectivity index (χ2n) is 11.6. The molecule has 0 heterocycles. The molecule has 2 atom stereocenters. The van der Waals surface area contributed by atoms with Crippen LogP contribution in [0.5, 0.6) is 5.75 Å². The van der Waals surface area contributed by atoms with Gasteiger partial charge >= 0.3 is 19.2 Å². The molecule has 3 rings (SSSR count). The van der Waals surface area contributed by atoms with Gasteiger partial charge in [0.15, 0.2) is 0 Å². The van der Waals surface area contributed by atoms with Gasteiger partial charge in [0.05, 0.1) is 7.11 Å². The molecule has 11 heteroatoms.